The fourth-order valence-electron chi connectivity index (χ4n) is 2.29. The molecule has 0 amide bonds. The maximum absolute atomic E-state index is 9.82. The minimum absolute atomic E-state index is 0.0417. The highest BCUT2D eigenvalue weighted by atomic mass is 31.1. The molecule has 0 aromatic heterocycles. The van der Waals surface area contributed by atoms with Crippen molar-refractivity contribution in [2.24, 2.45) is 0 Å². The van der Waals surface area contributed by atoms with E-state index < -0.39 is 7.92 Å². The van der Waals surface area contributed by atoms with E-state index in [0.717, 1.165) is 0 Å². The second-order valence-electron chi connectivity index (χ2n) is 5.38. The first kappa shape index (κ1) is 18.6. The molecule has 0 N–H and O–H groups in total. The number of carbonyl (C=O) groups is 1. The van der Waals surface area contributed by atoms with Crippen LogP contribution in [0.15, 0.2) is 91.0 Å². The first-order valence-electron chi connectivity index (χ1n) is 8.04. The van der Waals surface area contributed by atoms with Crippen LogP contribution in [-0.2, 0) is 4.79 Å². The van der Waals surface area contributed by atoms with Crippen LogP contribution in [0, 0.1) is 11.3 Å². The van der Waals surface area contributed by atoms with Gasteiger partial charge >= 0.3 is 0 Å². The third kappa shape index (κ3) is 5.99. The lowest BCUT2D eigenvalue weighted by Crippen LogP contribution is -2.20. The molecule has 0 saturated heterocycles. The van der Waals surface area contributed by atoms with Crippen molar-refractivity contribution in [1.29, 1.82) is 5.26 Å². The number of Topliss-reactive ketones (excluding diaryl/α,β-unsaturated/α-hetero) is 1. The molecule has 0 heterocycles. The molecule has 0 spiro atoms. The Morgan fingerprint density at radius 3 is 1.28 bits per heavy atom. The van der Waals surface area contributed by atoms with Crippen LogP contribution in [0.2, 0.25) is 0 Å². The fraction of sp³-hybridized carbons (Fsp3) is 0.0909. The molecule has 0 aliphatic carbocycles. The Balaban J connectivity index is 0.000000326. The van der Waals surface area contributed by atoms with Crippen molar-refractivity contribution in [3.63, 3.8) is 0 Å². The summed E-state index contributed by atoms with van der Waals surface area (Å²) in [5.74, 6) is -0.0718. The van der Waals surface area contributed by atoms with Crippen LogP contribution in [0.25, 0.3) is 0 Å². The summed E-state index contributed by atoms with van der Waals surface area (Å²) in [7, 11) is -0.446. The molecule has 2 nitrogen and oxygen atoms in total. The Morgan fingerprint density at radius 1 is 0.760 bits per heavy atom. The van der Waals surface area contributed by atoms with Gasteiger partial charge in [-0.05, 0) is 30.8 Å². The van der Waals surface area contributed by atoms with Gasteiger partial charge in [-0.1, -0.05) is 91.0 Å². The lowest BCUT2D eigenvalue weighted by molar-refractivity contribution is -0.116. The quantitative estimate of drug-likeness (QED) is 0.672. The molecule has 0 saturated carbocycles. The van der Waals surface area contributed by atoms with Crippen LogP contribution < -0.4 is 15.9 Å². The monoisotopic (exact) mass is 345 g/mol. The van der Waals surface area contributed by atoms with Gasteiger partial charge in [0.15, 0.2) is 0 Å². The van der Waals surface area contributed by atoms with Crippen LogP contribution in [0.4, 0.5) is 0 Å². The minimum Gasteiger partial charge on any atom is -0.299 e. The Morgan fingerprint density at radius 2 is 1.08 bits per heavy atom. The Kier molecular flexibility index (Phi) is 7.57. The molecule has 124 valence electrons. The number of nitrogens with zero attached hydrogens (tertiary/aromatic N) is 1. The van der Waals surface area contributed by atoms with Gasteiger partial charge in [0.25, 0.3) is 0 Å². The summed E-state index contributed by atoms with van der Waals surface area (Å²) >= 11 is 0. The van der Waals surface area contributed by atoms with Crippen molar-refractivity contribution in [1.82, 2.24) is 0 Å². The zero-order valence-electron chi connectivity index (χ0n) is 14.2. The first-order chi connectivity index (χ1) is 12.2. The number of hydrogen-bond donors (Lipinski definition) is 0. The second kappa shape index (κ2) is 10.2. The predicted octanol–water partition coefficient (Wildman–Crippen LogP) is 3.93. The highest BCUT2D eigenvalue weighted by Gasteiger charge is 2.14. The molecule has 0 fully saturated rings. The first-order valence-corrected chi connectivity index (χ1v) is 9.38. The summed E-state index contributed by atoms with van der Waals surface area (Å²) < 4.78 is 0. The van der Waals surface area contributed by atoms with Gasteiger partial charge in [0.1, 0.15) is 5.78 Å². The maximum atomic E-state index is 9.82. The smallest absolute Gasteiger partial charge is 0.143 e. The van der Waals surface area contributed by atoms with Gasteiger partial charge < -0.3 is 0 Å². The van der Waals surface area contributed by atoms with Crippen molar-refractivity contribution in [3.05, 3.63) is 91.0 Å². The van der Waals surface area contributed by atoms with Gasteiger partial charge in [0.2, 0.25) is 0 Å². The molecule has 3 heteroatoms. The SMILES string of the molecule is CC(=O)CC#N.c1ccc(P(c2ccccc2)c2ccccc2)cc1. The van der Waals surface area contributed by atoms with Gasteiger partial charge in [-0.2, -0.15) is 5.26 Å². The van der Waals surface area contributed by atoms with E-state index in [1.807, 2.05) is 0 Å². The molecule has 3 aromatic rings. The maximum Gasteiger partial charge on any atom is 0.143 e. The van der Waals surface area contributed by atoms with Crippen LogP contribution in [0.5, 0.6) is 0 Å². The Hall–Kier alpha value is -2.75. The number of benzene rings is 3. The summed E-state index contributed by atoms with van der Waals surface area (Å²) in [5, 5.41) is 12.0. The predicted molar refractivity (Wildman–Crippen MR) is 106 cm³/mol. The number of ketones is 1. The zero-order chi connectivity index (χ0) is 17.9. The third-order valence-electron chi connectivity index (χ3n) is 3.37. The van der Waals surface area contributed by atoms with Crippen molar-refractivity contribution >= 4 is 29.6 Å². The molecule has 25 heavy (non-hydrogen) atoms. The summed E-state index contributed by atoms with van der Waals surface area (Å²) in [6.07, 6.45) is 0.0417. The molecule has 0 aliphatic rings. The molecule has 0 bridgehead atoms. The Labute approximate surface area is 150 Å². The van der Waals surface area contributed by atoms with E-state index in [-0.39, 0.29) is 12.2 Å². The van der Waals surface area contributed by atoms with Gasteiger partial charge in [0, 0.05) is 0 Å². The van der Waals surface area contributed by atoms with Crippen LogP contribution in [0.3, 0.4) is 0 Å². The molecular formula is C22H20NOP. The molecule has 3 rings (SSSR count). The minimum atomic E-state index is -0.446. The number of carbonyl (C=O) groups excluding carboxylic acids is 1. The van der Waals surface area contributed by atoms with Crippen LogP contribution >= 0.6 is 7.92 Å². The lowest BCUT2D eigenvalue weighted by Gasteiger charge is -2.18. The van der Waals surface area contributed by atoms with Crippen molar-refractivity contribution in [3.8, 4) is 6.07 Å². The topological polar surface area (TPSA) is 40.9 Å². The summed E-state index contributed by atoms with van der Waals surface area (Å²) in [6, 6.07) is 34.0. The zero-order valence-corrected chi connectivity index (χ0v) is 15.1. The third-order valence-corrected chi connectivity index (χ3v) is 5.81. The molecule has 0 radical (unpaired) electrons. The van der Waals surface area contributed by atoms with E-state index in [1.54, 1.807) is 6.07 Å². The van der Waals surface area contributed by atoms with Gasteiger partial charge in [-0.3, -0.25) is 4.79 Å². The average molecular weight is 345 g/mol. The normalized spacial score (nSPS) is 9.64. The van der Waals surface area contributed by atoms with E-state index in [0.29, 0.717) is 0 Å². The van der Waals surface area contributed by atoms with E-state index in [2.05, 4.69) is 91.0 Å². The van der Waals surface area contributed by atoms with Crippen molar-refractivity contribution in [2.45, 2.75) is 13.3 Å². The van der Waals surface area contributed by atoms with Gasteiger partial charge in [-0.15, -0.1) is 0 Å². The molecular weight excluding hydrogens is 325 g/mol. The fourth-order valence-corrected chi connectivity index (χ4v) is 4.59. The summed E-state index contributed by atoms with van der Waals surface area (Å²) in [5.41, 5.74) is 0. The number of rotatable bonds is 4. The molecule has 0 atom stereocenters. The highest BCUT2D eigenvalue weighted by molar-refractivity contribution is 7.79. The average Bonchev–Trinajstić information content (AvgIpc) is 2.65. The largest absolute Gasteiger partial charge is 0.299 e. The van der Waals surface area contributed by atoms with Crippen molar-refractivity contribution in [2.75, 3.05) is 0 Å². The van der Waals surface area contributed by atoms with E-state index in [9.17, 15) is 4.79 Å². The molecule has 3 aromatic carbocycles. The van der Waals surface area contributed by atoms with E-state index in [1.165, 1.54) is 22.8 Å². The highest BCUT2D eigenvalue weighted by Crippen LogP contribution is 2.32. The van der Waals surface area contributed by atoms with Crippen molar-refractivity contribution < 1.29 is 4.79 Å². The van der Waals surface area contributed by atoms with Crippen LogP contribution in [0.1, 0.15) is 13.3 Å². The summed E-state index contributed by atoms with van der Waals surface area (Å²) in [4.78, 5) is 9.82. The van der Waals surface area contributed by atoms with Gasteiger partial charge in [0.05, 0.1) is 12.5 Å². The van der Waals surface area contributed by atoms with Crippen LogP contribution in [-0.4, -0.2) is 5.78 Å². The van der Waals surface area contributed by atoms with E-state index >= 15 is 0 Å². The van der Waals surface area contributed by atoms with E-state index in [4.69, 9.17) is 5.26 Å². The number of hydrogen-bond acceptors (Lipinski definition) is 2. The van der Waals surface area contributed by atoms with Gasteiger partial charge in [-0.25, -0.2) is 0 Å². The Bertz CT molecular complexity index is 717. The number of nitriles is 1. The summed E-state index contributed by atoms with van der Waals surface area (Å²) in [6.45, 7) is 1.39. The lowest BCUT2D eigenvalue weighted by atomic mass is 10.3. The standard InChI is InChI=1S/C18H15P.C4H5NO/c1-4-10-16(11-5-1)19(17-12-6-2-7-13-17)18-14-8-3-9-15-18;1-4(6)2-3-5/h1-15H;2H2,1H3. The second-order valence-corrected chi connectivity index (χ2v) is 7.60. The molecule has 0 aliphatic heterocycles. The molecule has 0 unspecified atom stereocenters.